The number of aromatic nitrogens is 4. The minimum Gasteiger partial charge on any atom is -0.292 e. The maximum Gasteiger partial charge on any atom is 0.239 e. The van der Waals surface area contributed by atoms with E-state index >= 15 is 0 Å². The molecule has 3 rings (SSSR count). The lowest BCUT2D eigenvalue weighted by Gasteiger charge is -2.14. The van der Waals surface area contributed by atoms with Crippen molar-refractivity contribution in [1.82, 2.24) is 19.5 Å². The number of fused-ring (bicyclic) bond motifs is 1. The van der Waals surface area contributed by atoms with Crippen LogP contribution in [0.4, 0.5) is 10.3 Å². The standard InChI is InChI=1S/C11H13FN6/c12-7-5-14-11(17-13)16-10(7)18-6-15-8-3-1-2-4-9(8)18/h5-6H,1-4,13H2,(H,14,16,17). The van der Waals surface area contributed by atoms with Gasteiger partial charge in [-0.3, -0.25) is 9.99 Å². The molecule has 94 valence electrons. The van der Waals surface area contributed by atoms with Gasteiger partial charge in [0.05, 0.1) is 11.9 Å². The highest BCUT2D eigenvalue weighted by Crippen LogP contribution is 2.23. The van der Waals surface area contributed by atoms with Crippen molar-refractivity contribution in [3.63, 3.8) is 0 Å². The Balaban J connectivity index is 2.11. The number of nitrogen functional groups attached to an aromatic ring is 1. The van der Waals surface area contributed by atoms with Gasteiger partial charge in [-0.25, -0.2) is 20.2 Å². The fourth-order valence-corrected chi connectivity index (χ4v) is 2.25. The number of nitrogens with two attached hydrogens (primary N) is 1. The number of hydrogen-bond acceptors (Lipinski definition) is 5. The van der Waals surface area contributed by atoms with Gasteiger partial charge in [0.25, 0.3) is 0 Å². The molecule has 0 radical (unpaired) electrons. The second-order valence-corrected chi connectivity index (χ2v) is 4.22. The van der Waals surface area contributed by atoms with E-state index in [1.807, 2.05) is 0 Å². The summed E-state index contributed by atoms with van der Waals surface area (Å²) in [5.74, 6) is 5.12. The van der Waals surface area contributed by atoms with Gasteiger partial charge in [-0.05, 0) is 25.7 Å². The topological polar surface area (TPSA) is 81.6 Å². The van der Waals surface area contributed by atoms with E-state index < -0.39 is 5.82 Å². The Morgan fingerprint density at radius 3 is 2.94 bits per heavy atom. The van der Waals surface area contributed by atoms with Crippen LogP contribution in [0.5, 0.6) is 0 Å². The van der Waals surface area contributed by atoms with Crippen molar-refractivity contribution in [3.8, 4) is 5.82 Å². The number of anilines is 1. The number of aryl methyl sites for hydroxylation is 1. The highest BCUT2D eigenvalue weighted by Gasteiger charge is 2.19. The minimum atomic E-state index is -0.486. The Morgan fingerprint density at radius 2 is 2.11 bits per heavy atom. The average molecular weight is 248 g/mol. The van der Waals surface area contributed by atoms with Crippen molar-refractivity contribution < 1.29 is 4.39 Å². The number of hydrogen-bond donors (Lipinski definition) is 2. The van der Waals surface area contributed by atoms with Gasteiger partial charge in [-0.2, -0.15) is 4.98 Å². The van der Waals surface area contributed by atoms with Gasteiger partial charge in [0.15, 0.2) is 11.6 Å². The molecule has 0 saturated heterocycles. The second-order valence-electron chi connectivity index (χ2n) is 4.22. The fourth-order valence-electron chi connectivity index (χ4n) is 2.25. The van der Waals surface area contributed by atoms with Gasteiger partial charge < -0.3 is 0 Å². The molecule has 6 nitrogen and oxygen atoms in total. The molecule has 2 aromatic heterocycles. The molecule has 0 bridgehead atoms. The summed E-state index contributed by atoms with van der Waals surface area (Å²) in [7, 11) is 0. The number of halogens is 1. The van der Waals surface area contributed by atoms with Crippen molar-refractivity contribution in [2.24, 2.45) is 5.84 Å². The van der Waals surface area contributed by atoms with E-state index in [9.17, 15) is 4.39 Å². The number of imidazole rings is 1. The predicted octanol–water partition coefficient (Wildman–Crippen LogP) is 0.966. The SMILES string of the molecule is NNc1ncc(F)c(-n2cnc3c2CCCC3)n1. The van der Waals surface area contributed by atoms with E-state index in [1.165, 1.54) is 0 Å². The number of nitrogens with one attached hydrogen (secondary N) is 1. The largest absolute Gasteiger partial charge is 0.292 e. The molecule has 0 atom stereocenters. The van der Waals surface area contributed by atoms with Gasteiger partial charge in [0, 0.05) is 5.69 Å². The summed E-state index contributed by atoms with van der Waals surface area (Å²) in [5, 5.41) is 0. The lowest BCUT2D eigenvalue weighted by molar-refractivity contribution is 0.593. The lowest BCUT2D eigenvalue weighted by atomic mass is 10.0. The summed E-state index contributed by atoms with van der Waals surface area (Å²) < 4.78 is 15.5. The van der Waals surface area contributed by atoms with Crippen LogP contribution in [0.1, 0.15) is 24.2 Å². The first-order valence-electron chi connectivity index (χ1n) is 5.84. The predicted molar refractivity (Wildman–Crippen MR) is 63.6 cm³/mol. The Bertz CT molecular complexity index is 579. The summed E-state index contributed by atoms with van der Waals surface area (Å²) in [5.41, 5.74) is 4.37. The van der Waals surface area contributed by atoms with E-state index in [-0.39, 0.29) is 11.8 Å². The normalized spacial score (nSPS) is 14.3. The van der Waals surface area contributed by atoms with E-state index in [0.29, 0.717) is 0 Å². The third kappa shape index (κ3) is 1.72. The molecule has 1 aliphatic carbocycles. The number of nitrogens with zero attached hydrogens (tertiary/aromatic N) is 4. The van der Waals surface area contributed by atoms with Gasteiger partial charge in [0.1, 0.15) is 6.33 Å². The van der Waals surface area contributed by atoms with Gasteiger partial charge >= 0.3 is 0 Å². The molecule has 0 saturated carbocycles. The zero-order chi connectivity index (χ0) is 12.5. The van der Waals surface area contributed by atoms with E-state index in [2.05, 4.69) is 20.4 Å². The monoisotopic (exact) mass is 248 g/mol. The third-order valence-electron chi connectivity index (χ3n) is 3.11. The van der Waals surface area contributed by atoms with Crippen LogP contribution < -0.4 is 11.3 Å². The molecule has 0 unspecified atom stereocenters. The van der Waals surface area contributed by atoms with Crippen LogP contribution in [0.3, 0.4) is 0 Å². The molecule has 0 aromatic carbocycles. The molecule has 0 fully saturated rings. The van der Waals surface area contributed by atoms with Crippen LogP contribution >= 0.6 is 0 Å². The molecule has 0 aliphatic heterocycles. The third-order valence-corrected chi connectivity index (χ3v) is 3.11. The Morgan fingerprint density at radius 1 is 1.28 bits per heavy atom. The molecular formula is C11H13FN6. The van der Waals surface area contributed by atoms with Crippen LogP contribution in [-0.2, 0) is 12.8 Å². The van der Waals surface area contributed by atoms with Crippen LogP contribution in [0.2, 0.25) is 0 Å². The minimum absolute atomic E-state index is 0.185. The van der Waals surface area contributed by atoms with Gasteiger partial charge in [-0.1, -0.05) is 0 Å². The molecule has 2 aromatic rings. The highest BCUT2D eigenvalue weighted by molar-refractivity contribution is 5.35. The smallest absolute Gasteiger partial charge is 0.239 e. The van der Waals surface area contributed by atoms with Crippen LogP contribution in [0.15, 0.2) is 12.5 Å². The lowest BCUT2D eigenvalue weighted by Crippen LogP contribution is -2.14. The van der Waals surface area contributed by atoms with Crippen molar-refractivity contribution in [2.45, 2.75) is 25.7 Å². The van der Waals surface area contributed by atoms with Gasteiger partial charge in [-0.15, -0.1) is 0 Å². The van der Waals surface area contributed by atoms with Crippen molar-refractivity contribution >= 4 is 5.95 Å². The van der Waals surface area contributed by atoms with E-state index in [4.69, 9.17) is 5.84 Å². The van der Waals surface area contributed by atoms with E-state index in [1.54, 1.807) is 10.9 Å². The molecule has 0 spiro atoms. The summed E-state index contributed by atoms with van der Waals surface area (Å²) in [6.45, 7) is 0. The second kappa shape index (κ2) is 4.34. The fraction of sp³-hybridized carbons (Fsp3) is 0.364. The van der Waals surface area contributed by atoms with Crippen molar-refractivity contribution in [1.29, 1.82) is 0 Å². The molecule has 2 heterocycles. The molecule has 0 amide bonds. The van der Waals surface area contributed by atoms with Crippen molar-refractivity contribution in [2.75, 3.05) is 5.43 Å². The maximum absolute atomic E-state index is 13.8. The first-order valence-corrected chi connectivity index (χ1v) is 5.84. The highest BCUT2D eigenvalue weighted by atomic mass is 19.1. The molecule has 18 heavy (non-hydrogen) atoms. The quantitative estimate of drug-likeness (QED) is 0.611. The Hall–Kier alpha value is -2.02. The summed E-state index contributed by atoms with van der Waals surface area (Å²) >= 11 is 0. The Labute approximate surface area is 103 Å². The average Bonchev–Trinajstić information content (AvgIpc) is 2.83. The first-order chi connectivity index (χ1) is 8.79. The van der Waals surface area contributed by atoms with Crippen LogP contribution in [-0.4, -0.2) is 19.5 Å². The van der Waals surface area contributed by atoms with Crippen molar-refractivity contribution in [3.05, 3.63) is 29.7 Å². The molecule has 1 aliphatic rings. The number of hydrazine groups is 1. The van der Waals surface area contributed by atoms with Gasteiger partial charge in [0.2, 0.25) is 5.95 Å². The zero-order valence-corrected chi connectivity index (χ0v) is 9.73. The van der Waals surface area contributed by atoms with Crippen LogP contribution in [0.25, 0.3) is 5.82 Å². The summed E-state index contributed by atoms with van der Waals surface area (Å²) in [6, 6.07) is 0. The number of rotatable bonds is 2. The Kier molecular flexibility index (Phi) is 2.67. The maximum atomic E-state index is 13.8. The molecule has 7 heteroatoms. The molecule has 3 N–H and O–H groups in total. The molecular weight excluding hydrogens is 235 g/mol. The summed E-state index contributed by atoms with van der Waals surface area (Å²) in [4.78, 5) is 12.1. The summed E-state index contributed by atoms with van der Waals surface area (Å²) in [6.07, 6.45) is 6.77. The van der Waals surface area contributed by atoms with Crippen LogP contribution in [0, 0.1) is 5.82 Å². The first kappa shape index (κ1) is 11.1. The zero-order valence-electron chi connectivity index (χ0n) is 9.73. The van der Waals surface area contributed by atoms with E-state index in [0.717, 1.165) is 43.3 Å².